The second-order valence-electron chi connectivity index (χ2n) is 5.14. The van der Waals surface area contributed by atoms with Crippen LogP contribution in [0.4, 0.5) is 14.5 Å². The van der Waals surface area contributed by atoms with Crippen molar-refractivity contribution < 1.29 is 8.78 Å². The van der Waals surface area contributed by atoms with Gasteiger partial charge in [0, 0.05) is 19.4 Å². The van der Waals surface area contributed by atoms with Crippen LogP contribution in [-0.4, -0.2) is 12.5 Å². The summed E-state index contributed by atoms with van der Waals surface area (Å²) in [5, 5.41) is 3.88. The van der Waals surface area contributed by atoms with Crippen LogP contribution in [0.1, 0.15) is 31.2 Å². The van der Waals surface area contributed by atoms with Gasteiger partial charge in [-0.3, -0.25) is 0 Å². The van der Waals surface area contributed by atoms with Crippen LogP contribution in [0.15, 0.2) is 18.2 Å². The molecule has 0 heterocycles. The Balaban J connectivity index is 1.93. The van der Waals surface area contributed by atoms with Gasteiger partial charge in [-0.2, -0.15) is 0 Å². The summed E-state index contributed by atoms with van der Waals surface area (Å²) in [4.78, 5) is 0. The molecule has 0 spiro atoms. The van der Waals surface area contributed by atoms with Crippen LogP contribution < -0.4 is 5.32 Å². The van der Waals surface area contributed by atoms with Gasteiger partial charge in [0.1, 0.15) is 0 Å². The Morgan fingerprint density at radius 1 is 1.44 bits per heavy atom. The fraction of sp³-hybridized carbons (Fsp3) is 0.571. The molecule has 1 saturated carbocycles. The van der Waals surface area contributed by atoms with Crippen molar-refractivity contribution in [2.24, 2.45) is 5.92 Å². The van der Waals surface area contributed by atoms with Crippen molar-refractivity contribution in [2.75, 3.05) is 11.9 Å². The fourth-order valence-electron chi connectivity index (χ4n) is 2.49. The van der Waals surface area contributed by atoms with Crippen LogP contribution >= 0.6 is 11.6 Å². The molecule has 2 rings (SSSR count). The van der Waals surface area contributed by atoms with Crippen molar-refractivity contribution in [3.8, 4) is 0 Å². The van der Waals surface area contributed by atoms with Crippen molar-refractivity contribution in [1.82, 2.24) is 0 Å². The fourth-order valence-corrected chi connectivity index (χ4v) is 2.68. The van der Waals surface area contributed by atoms with E-state index in [0.717, 1.165) is 17.7 Å². The molecule has 0 radical (unpaired) electrons. The molecule has 1 N–H and O–H groups in total. The van der Waals surface area contributed by atoms with E-state index in [2.05, 4.69) is 5.32 Å². The van der Waals surface area contributed by atoms with Crippen LogP contribution in [0.5, 0.6) is 0 Å². The molecule has 1 aliphatic rings. The predicted octanol–water partition coefficient (Wildman–Crippen LogP) is 4.89. The van der Waals surface area contributed by atoms with E-state index in [1.165, 1.54) is 0 Å². The summed E-state index contributed by atoms with van der Waals surface area (Å²) < 4.78 is 26.5. The maximum absolute atomic E-state index is 13.3. The van der Waals surface area contributed by atoms with Gasteiger partial charge < -0.3 is 5.32 Å². The number of halogens is 3. The second kappa shape index (κ2) is 5.43. The topological polar surface area (TPSA) is 12.0 Å². The second-order valence-corrected chi connectivity index (χ2v) is 5.51. The maximum atomic E-state index is 13.3. The van der Waals surface area contributed by atoms with E-state index in [9.17, 15) is 8.78 Å². The molecule has 0 saturated heterocycles. The molecule has 1 atom stereocenters. The molecule has 18 heavy (non-hydrogen) atoms. The third-order valence-corrected chi connectivity index (χ3v) is 4.02. The maximum Gasteiger partial charge on any atom is 0.248 e. The lowest BCUT2D eigenvalue weighted by Gasteiger charge is -2.29. The lowest BCUT2D eigenvalue weighted by molar-refractivity contribution is -0.0502. The summed E-state index contributed by atoms with van der Waals surface area (Å²) in [6.45, 7) is 2.50. The lowest BCUT2D eigenvalue weighted by Crippen LogP contribution is -2.29. The van der Waals surface area contributed by atoms with Gasteiger partial charge in [-0.15, -0.1) is 0 Å². The van der Waals surface area contributed by atoms with Gasteiger partial charge in [-0.05, 0) is 37.3 Å². The summed E-state index contributed by atoms with van der Waals surface area (Å²) in [7, 11) is 0. The zero-order valence-electron chi connectivity index (χ0n) is 10.5. The first-order valence-corrected chi connectivity index (χ1v) is 6.72. The van der Waals surface area contributed by atoms with Crippen LogP contribution in [0.2, 0.25) is 5.02 Å². The molecule has 0 aromatic heterocycles. The average Bonchev–Trinajstić information content (AvgIpc) is 2.30. The summed E-state index contributed by atoms with van der Waals surface area (Å²) in [5.41, 5.74) is 1.83. The minimum absolute atomic E-state index is 0.0105. The molecule has 1 nitrogen and oxygen atoms in total. The lowest BCUT2D eigenvalue weighted by atomic mass is 9.86. The molecule has 1 unspecified atom stereocenters. The highest BCUT2D eigenvalue weighted by Crippen LogP contribution is 2.37. The first kappa shape index (κ1) is 13.6. The molecule has 0 amide bonds. The van der Waals surface area contributed by atoms with Gasteiger partial charge in [-0.1, -0.05) is 23.7 Å². The van der Waals surface area contributed by atoms with Crippen molar-refractivity contribution in [1.29, 1.82) is 0 Å². The quantitative estimate of drug-likeness (QED) is 0.827. The number of rotatable bonds is 3. The summed E-state index contributed by atoms with van der Waals surface area (Å²) in [5.74, 6) is -2.45. The standard InChI is InChI=1S/C14H18ClF2N/c1-10-4-2-6-12(13(10)15)18-9-11-5-3-7-14(16,17)8-11/h2,4,6,11,18H,3,5,7-9H2,1H3. The molecule has 4 heteroatoms. The number of hydrogen-bond donors (Lipinski definition) is 1. The van der Waals surface area contributed by atoms with Crippen LogP contribution in [0, 0.1) is 12.8 Å². The summed E-state index contributed by atoms with van der Waals surface area (Å²) in [6.07, 6.45) is 1.51. The van der Waals surface area contributed by atoms with Gasteiger partial charge in [0.15, 0.2) is 0 Å². The highest BCUT2D eigenvalue weighted by molar-refractivity contribution is 6.33. The van der Waals surface area contributed by atoms with Gasteiger partial charge in [-0.25, -0.2) is 8.78 Å². The zero-order valence-corrected chi connectivity index (χ0v) is 11.2. The Hall–Kier alpha value is -0.830. The summed E-state index contributed by atoms with van der Waals surface area (Å²) in [6, 6.07) is 5.73. The van der Waals surface area contributed by atoms with E-state index < -0.39 is 5.92 Å². The molecule has 0 aliphatic heterocycles. The van der Waals surface area contributed by atoms with Gasteiger partial charge in [0.25, 0.3) is 0 Å². The normalized spacial score (nSPS) is 22.8. The Labute approximate surface area is 112 Å². The average molecular weight is 274 g/mol. The van der Waals surface area contributed by atoms with E-state index in [1.54, 1.807) is 0 Å². The van der Waals surface area contributed by atoms with E-state index in [0.29, 0.717) is 18.0 Å². The SMILES string of the molecule is Cc1cccc(NCC2CCCC(F)(F)C2)c1Cl. The molecule has 1 fully saturated rings. The molecule has 1 aromatic carbocycles. The monoisotopic (exact) mass is 273 g/mol. The Morgan fingerprint density at radius 3 is 2.94 bits per heavy atom. The predicted molar refractivity (Wildman–Crippen MR) is 71.6 cm³/mol. The number of aryl methyl sites for hydroxylation is 1. The molecular weight excluding hydrogens is 256 g/mol. The van der Waals surface area contributed by atoms with E-state index in [1.807, 2.05) is 25.1 Å². The minimum atomic E-state index is -2.49. The van der Waals surface area contributed by atoms with E-state index in [-0.39, 0.29) is 18.8 Å². The third kappa shape index (κ3) is 3.35. The Bertz CT molecular complexity index is 420. The Kier molecular flexibility index (Phi) is 4.10. The number of nitrogens with one attached hydrogen (secondary N) is 1. The third-order valence-electron chi connectivity index (χ3n) is 3.52. The Morgan fingerprint density at radius 2 is 2.22 bits per heavy atom. The van der Waals surface area contributed by atoms with Crippen molar-refractivity contribution in [3.05, 3.63) is 28.8 Å². The van der Waals surface area contributed by atoms with Crippen LogP contribution in [0.3, 0.4) is 0 Å². The summed E-state index contributed by atoms with van der Waals surface area (Å²) >= 11 is 6.16. The largest absolute Gasteiger partial charge is 0.384 e. The minimum Gasteiger partial charge on any atom is -0.384 e. The zero-order chi connectivity index (χ0) is 13.2. The molecule has 0 bridgehead atoms. The van der Waals surface area contributed by atoms with Crippen LogP contribution in [-0.2, 0) is 0 Å². The number of alkyl halides is 2. The van der Waals surface area contributed by atoms with Crippen molar-refractivity contribution in [2.45, 2.75) is 38.5 Å². The highest BCUT2D eigenvalue weighted by atomic mass is 35.5. The highest BCUT2D eigenvalue weighted by Gasteiger charge is 2.35. The van der Waals surface area contributed by atoms with Gasteiger partial charge >= 0.3 is 0 Å². The smallest absolute Gasteiger partial charge is 0.248 e. The first-order chi connectivity index (χ1) is 8.48. The van der Waals surface area contributed by atoms with Gasteiger partial charge in [0.05, 0.1) is 10.7 Å². The van der Waals surface area contributed by atoms with Gasteiger partial charge in [0.2, 0.25) is 5.92 Å². The number of hydrogen-bond acceptors (Lipinski definition) is 1. The van der Waals surface area contributed by atoms with Crippen LogP contribution in [0.25, 0.3) is 0 Å². The number of anilines is 1. The number of benzene rings is 1. The first-order valence-electron chi connectivity index (χ1n) is 6.35. The van der Waals surface area contributed by atoms with E-state index >= 15 is 0 Å². The molecule has 1 aromatic rings. The molecule has 1 aliphatic carbocycles. The molecule has 100 valence electrons. The molecular formula is C14H18ClF2N. The van der Waals surface area contributed by atoms with Crippen molar-refractivity contribution in [3.63, 3.8) is 0 Å². The van der Waals surface area contributed by atoms with E-state index in [4.69, 9.17) is 11.6 Å². The van der Waals surface area contributed by atoms with Crippen molar-refractivity contribution >= 4 is 17.3 Å².